The van der Waals surface area contributed by atoms with Crippen molar-refractivity contribution in [3.63, 3.8) is 0 Å². The molecule has 0 aliphatic carbocycles. The summed E-state index contributed by atoms with van der Waals surface area (Å²) in [5.41, 5.74) is 7.65. The molecule has 38 valence electrons. The van der Waals surface area contributed by atoms with Crippen LogP contribution < -0.4 is 0 Å². The van der Waals surface area contributed by atoms with Gasteiger partial charge in [-0.3, -0.25) is 0 Å². The van der Waals surface area contributed by atoms with Crippen molar-refractivity contribution in [2.24, 2.45) is 15.3 Å². The van der Waals surface area contributed by atoms with Crippen molar-refractivity contribution in [3.05, 3.63) is 10.4 Å². The van der Waals surface area contributed by atoms with Crippen LogP contribution in [0, 0.1) is 0 Å². The van der Waals surface area contributed by atoms with Gasteiger partial charge in [0.05, 0.1) is 0 Å². The molecule has 0 heterocycles. The summed E-state index contributed by atoms with van der Waals surface area (Å²) in [5.74, 6) is 0. The fourth-order valence-corrected chi connectivity index (χ4v) is 0.120. The summed E-state index contributed by atoms with van der Waals surface area (Å²) in [5, 5.41) is 9.78. The fraction of sp³-hybridized carbons (Fsp3) is 1.00. The number of hydrogen-bond donors (Lipinski definition) is 0. The van der Waals surface area contributed by atoms with E-state index in [0.717, 1.165) is 0 Å². The van der Waals surface area contributed by atoms with Crippen molar-refractivity contribution in [3.8, 4) is 0 Å². The molecule has 5 heteroatoms. The Morgan fingerprint density at radius 2 is 2.43 bits per heavy atom. The normalized spacial score (nSPS) is 8.71. The molecular weight excluding hydrogens is 94.1 g/mol. The minimum Gasteiger partial charge on any atom is -0.197 e. The quantitative estimate of drug-likeness (QED) is 0.284. The third kappa shape index (κ3) is 4.91. The SMILES string of the molecule is CN=NCN=[N+]=[N-]. The van der Waals surface area contributed by atoms with Crippen molar-refractivity contribution in [2.45, 2.75) is 0 Å². The summed E-state index contributed by atoms with van der Waals surface area (Å²) in [4.78, 5) is 2.44. The molecule has 0 amide bonds. The summed E-state index contributed by atoms with van der Waals surface area (Å²) < 4.78 is 0. The number of nitrogens with zero attached hydrogens (tertiary/aromatic N) is 5. The molecule has 0 unspecified atom stereocenters. The van der Waals surface area contributed by atoms with Crippen LogP contribution in [0.2, 0.25) is 0 Å². The Hall–Kier alpha value is -1.09. The van der Waals surface area contributed by atoms with E-state index in [4.69, 9.17) is 5.53 Å². The first-order valence-corrected chi connectivity index (χ1v) is 1.68. The lowest BCUT2D eigenvalue weighted by atomic mass is 11.2. The van der Waals surface area contributed by atoms with Crippen molar-refractivity contribution in [1.82, 2.24) is 0 Å². The van der Waals surface area contributed by atoms with E-state index >= 15 is 0 Å². The molecule has 0 fully saturated rings. The molecule has 0 saturated heterocycles. The van der Waals surface area contributed by atoms with Gasteiger partial charge in [0.25, 0.3) is 0 Å². The highest BCUT2D eigenvalue weighted by Gasteiger charge is 1.62. The van der Waals surface area contributed by atoms with Crippen LogP contribution in [-0.2, 0) is 0 Å². The largest absolute Gasteiger partial charge is 0.197 e. The van der Waals surface area contributed by atoms with Gasteiger partial charge in [0.2, 0.25) is 0 Å². The van der Waals surface area contributed by atoms with E-state index in [1.54, 1.807) is 0 Å². The molecule has 0 atom stereocenters. The lowest BCUT2D eigenvalue weighted by Gasteiger charge is -1.69. The number of azide groups is 1. The van der Waals surface area contributed by atoms with Gasteiger partial charge in [0.15, 0.2) is 0 Å². The fourth-order valence-electron chi connectivity index (χ4n) is 0.120. The van der Waals surface area contributed by atoms with Crippen LogP contribution in [0.25, 0.3) is 10.4 Å². The smallest absolute Gasteiger partial charge is 0.138 e. The maximum absolute atomic E-state index is 7.65. The summed E-state index contributed by atoms with van der Waals surface area (Å²) in [6.07, 6.45) is 0. The second kappa shape index (κ2) is 4.91. The van der Waals surface area contributed by atoms with E-state index in [1.807, 2.05) is 0 Å². The predicted octanol–water partition coefficient (Wildman–Crippen LogP) is 1.34. The highest BCUT2D eigenvalue weighted by molar-refractivity contribution is 4.38. The Bertz CT molecular complexity index is 98.6. The molecule has 0 bridgehead atoms. The van der Waals surface area contributed by atoms with E-state index in [2.05, 4.69) is 20.3 Å². The first kappa shape index (κ1) is 5.91. The average Bonchev–Trinajstić information content (AvgIpc) is 1.69. The molecule has 0 aliphatic heterocycles. The van der Waals surface area contributed by atoms with E-state index < -0.39 is 0 Å². The molecule has 0 aliphatic rings. The van der Waals surface area contributed by atoms with Crippen molar-refractivity contribution < 1.29 is 0 Å². The third-order valence-corrected chi connectivity index (χ3v) is 0.331. The first-order valence-electron chi connectivity index (χ1n) is 1.68. The van der Waals surface area contributed by atoms with Crippen molar-refractivity contribution in [1.29, 1.82) is 0 Å². The second-order valence-corrected chi connectivity index (χ2v) is 0.714. The van der Waals surface area contributed by atoms with Gasteiger partial charge < -0.3 is 0 Å². The molecule has 0 saturated carbocycles. The van der Waals surface area contributed by atoms with Gasteiger partial charge in [-0.1, -0.05) is 5.11 Å². The molecule has 0 aromatic carbocycles. The molecule has 0 rings (SSSR count). The molecule has 0 spiro atoms. The Morgan fingerprint density at radius 3 is 2.86 bits per heavy atom. The minimum absolute atomic E-state index is 0.104. The van der Waals surface area contributed by atoms with Crippen LogP contribution in [0.15, 0.2) is 15.3 Å². The zero-order chi connectivity index (χ0) is 5.54. The Kier molecular flexibility index (Phi) is 4.15. The maximum atomic E-state index is 7.65. The van der Waals surface area contributed by atoms with E-state index in [0.29, 0.717) is 0 Å². The standard InChI is InChI=1S/C2H5N5/c1-4-5-2-6-7-3/h2H2,1H3. The summed E-state index contributed by atoms with van der Waals surface area (Å²) in [6, 6.07) is 0. The summed E-state index contributed by atoms with van der Waals surface area (Å²) >= 11 is 0. The summed E-state index contributed by atoms with van der Waals surface area (Å²) in [7, 11) is 1.52. The van der Waals surface area contributed by atoms with Crippen LogP contribution >= 0.6 is 0 Å². The minimum atomic E-state index is 0.104. The van der Waals surface area contributed by atoms with Gasteiger partial charge in [-0.25, -0.2) is 0 Å². The number of azo groups is 1. The van der Waals surface area contributed by atoms with Crippen LogP contribution in [0.1, 0.15) is 0 Å². The van der Waals surface area contributed by atoms with Gasteiger partial charge in [0.1, 0.15) is 6.67 Å². The van der Waals surface area contributed by atoms with Crippen LogP contribution in [0.4, 0.5) is 0 Å². The molecule has 7 heavy (non-hydrogen) atoms. The molecule has 0 radical (unpaired) electrons. The van der Waals surface area contributed by atoms with E-state index in [9.17, 15) is 0 Å². The van der Waals surface area contributed by atoms with Crippen molar-refractivity contribution in [2.75, 3.05) is 13.7 Å². The number of hydrogen-bond acceptors (Lipinski definition) is 3. The molecule has 5 nitrogen and oxygen atoms in total. The van der Waals surface area contributed by atoms with Crippen molar-refractivity contribution >= 4 is 0 Å². The van der Waals surface area contributed by atoms with Gasteiger partial charge in [-0.2, -0.15) is 10.2 Å². The number of rotatable bonds is 2. The lowest BCUT2D eigenvalue weighted by Crippen LogP contribution is -1.62. The van der Waals surface area contributed by atoms with E-state index in [-0.39, 0.29) is 6.67 Å². The third-order valence-electron chi connectivity index (χ3n) is 0.331. The molecule has 0 aromatic rings. The zero-order valence-corrected chi connectivity index (χ0v) is 3.94. The van der Waals surface area contributed by atoms with Gasteiger partial charge in [0, 0.05) is 12.0 Å². The highest BCUT2D eigenvalue weighted by atomic mass is 15.2. The molecule has 0 aromatic heterocycles. The van der Waals surface area contributed by atoms with Gasteiger partial charge in [-0.15, -0.1) is 0 Å². The Labute approximate surface area is 40.7 Å². The highest BCUT2D eigenvalue weighted by Crippen LogP contribution is 1.71. The van der Waals surface area contributed by atoms with Gasteiger partial charge >= 0.3 is 0 Å². The van der Waals surface area contributed by atoms with Crippen LogP contribution in [-0.4, -0.2) is 13.7 Å². The maximum Gasteiger partial charge on any atom is 0.138 e. The zero-order valence-electron chi connectivity index (χ0n) is 3.94. The summed E-state index contributed by atoms with van der Waals surface area (Å²) in [6.45, 7) is 0.104. The van der Waals surface area contributed by atoms with Gasteiger partial charge in [-0.05, 0) is 5.53 Å². The molecule has 0 N–H and O–H groups in total. The Balaban J connectivity index is 3.15. The average molecular weight is 99.1 g/mol. The van der Waals surface area contributed by atoms with Crippen LogP contribution in [0.5, 0.6) is 0 Å². The lowest BCUT2D eigenvalue weighted by molar-refractivity contribution is 0.933. The second-order valence-electron chi connectivity index (χ2n) is 0.714. The predicted molar refractivity (Wildman–Crippen MR) is 24.8 cm³/mol. The van der Waals surface area contributed by atoms with Crippen LogP contribution in [0.3, 0.4) is 0 Å². The molecular formula is C2H5N5. The topological polar surface area (TPSA) is 73.5 Å². The van der Waals surface area contributed by atoms with E-state index in [1.165, 1.54) is 7.05 Å². The first-order chi connectivity index (χ1) is 3.41. The monoisotopic (exact) mass is 99.1 g/mol. The Morgan fingerprint density at radius 1 is 1.71 bits per heavy atom.